The number of amides is 1. The lowest BCUT2D eigenvalue weighted by Gasteiger charge is -2.19. The molecule has 0 unspecified atom stereocenters. The van der Waals surface area contributed by atoms with Crippen molar-refractivity contribution in [2.24, 2.45) is 0 Å². The predicted molar refractivity (Wildman–Crippen MR) is 114 cm³/mol. The van der Waals surface area contributed by atoms with Crippen LogP contribution in [0.15, 0.2) is 65.6 Å². The van der Waals surface area contributed by atoms with E-state index in [1.807, 2.05) is 0 Å². The number of ether oxygens (including phenoxy) is 2. The minimum atomic E-state index is -4.08. The molecular formula is C21H16ClFN2O5S. The largest absolute Gasteiger partial charge is 0.486 e. The summed E-state index contributed by atoms with van der Waals surface area (Å²) < 4.78 is 53.1. The van der Waals surface area contributed by atoms with Gasteiger partial charge in [0.25, 0.3) is 15.9 Å². The van der Waals surface area contributed by atoms with E-state index >= 15 is 0 Å². The summed E-state index contributed by atoms with van der Waals surface area (Å²) in [5.41, 5.74) is 0.315. The highest BCUT2D eigenvalue weighted by Gasteiger charge is 2.19. The first-order valence-corrected chi connectivity index (χ1v) is 11.0. The third kappa shape index (κ3) is 4.73. The standard InChI is InChI=1S/C21H16ClFN2O5S/c22-14-3-1-2-13(10-14)21(26)24-18-6-5-16(12-17(18)23)31(27,28)25-15-4-7-19-20(11-15)30-9-8-29-19/h1-7,10-12,25H,8-9H2,(H,24,26). The summed E-state index contributed by atoms with van der Waals surface area (Å²) in [6, 6.07) is 13.9. The van der Waals surface area contributed by atoms with Crippen LogP contribution in [0.4, 0.5) is 15.8 Å². The van der Waals surface area contributed by atoms with Gasteiger partial charge >= 0.3 is 0 Å². The van der Waals surface area contributed by atoms with Crippen LogP contribution in [0.2, 0.25) is 5.02 Å². The molecule has 1 aliphatic heterocycles. The van der Waals surface area contributed by atoms with Crippen molar-refractivity contribution in [1.82, 2.24) is 0 Å². The zero-order valence-corrected chi connectivity index (χ0v) is 17.5. The third-order valence-corrected chi connectivity index (χ3v) is 5.99. The molecule has 160 valence electrons. The number of halogens is 2. The lowest BCUT2D eigenvalue weighted by atomic mass is 10.2. The van der Waals surface area contributed by atoms with Gasteiger partial charge in [-0.2, -0.15) is 0 Å². The highest BCUT2D eigenvalue weighted by molar-refractivity contribution is 7.92. The first kappa shape index (κ1) is 21.0. The number of carbonyl (C=O) groups is 1. The highest BCUT2D eigenvalue weighted by atomic mass is 35.5. The summed E-state index contributed by atoms with van der Waals surface area (Å²) in [4.78, 5) is 12.0. The summed E-state index contributed by atoms with van der Waals surface area (Å²) in [5, 5.41) is 2.76. The molecule has 1 amide bonds. The molecule has 0 saturated carbocycles. The van der Waals surface area contributed by atoms with Crippen molar-refractivity contribution in [3.8, 4) is 11.5 Å². The fourth-order valence-electron chi connectivity index (χ4n) is 2.91. The lowest BCUT2D eigenvalue weighted by molar-refractivity contribution is 0.102. The maximum Gasteiger partial charge on any atom is 0.262 e. The van der Waals surface area contributed by atoms with Gasteiger partial charge in [-0.15, -0.1) is 0 Å². The Labute approximate surface area is 182 Å². The molecule has 0 atom stereocenters. The predicted octanol–water partition coefficient (Wildman–Crippen LogP) is 4.30. The number of nitrogens with one attached hydrogen (secondary N) is 2. The van der Waals surface area contributed by atoms with Crippen molar-refractivity contribution >= 4 is 38.9 Å². The Morgan fingerprint density at radius 2 is 1.74 bits per heavy atom. The molecule has 31 heavy (non-hydrogen) atoms. The second-order valence-electron chi connectivity index (χ2n) is 6.57. The average Bonchev–Trinajstić information content (AvgIpc) is 2.74. The first-order chi connectivity index (χ1) is 14.8. The van der Waals surface area contributed by atoms with E-state index in [0.717, 1.165) is 6.07 Å². The normalized spacial score (nSPS) is 12.8. The molecule has 0 bridgehead atoms. The molecular weight excluding hydrogens is 447 g/mol. The molecule has 0 saturated heterocycles. The Morgan fingerprint density at radius 1 is 0.968 bits per heavy atom. The van der Waals surface area contributed by atoms with Gasteiger partial charge in [0, 0.05) is 16.7 Å². The number of fused-ring (bicyclic) bond motifs is 1. The van der Waals surface area contributed by atoms with E-state index < -0.39 is 21.7 Å². The summed E-state index contributed by atoms with van der Waals surface area (Å²) in [5.74, 6) is -0.552. The molecule has 1 aliphatic rings. The molecule has 0 aromatic heterocycles. The van der Waals surface area contributed by atoms with Gasteiger partial charge in [0.15, 0.2) is 11.5 Å². The van der Waals surface area contributed by atoms with E-state index in [1.54, 1.807) is 18.2 Å². The fraction of sp³-hybridized carbons (Fsp3) is 0.0952. The Kier molecular flexibility index (Phi) is 5.71. The van der Waals surface area contributed by atoms with E-state index in [1.165, 1.54) is 36.4 Å². The number of anilines is 2. The summed E-state index contributed by atoms with van der Waals surface area (Å²) in [6.07, 6.45) is 0. The SMILES string of the molecule is O=C(Nc1ccc(S(=O)(=O)Nc2ccc3c(c2)OCCO3)cc1F)c1cccc(Cl)c1. The number of hydrogen-bond acceptors (Lipinski definition) is 5. The molecule has 10 heteroatoms. The van der Waals surface area contributed by atoms with E-state index in [-0.39, 0.29) is 21.8 Å². The van der Waals surface area contributed by atoms with Crippen LogP contribution in [0.3, 0.4) is 0 Å². The van der Waals surface area contributed by atoms with Crippen LogP contribution in [0.1, 0.15) is 10.4 Å². The molecule has 0 aliphatic carbocycles. The third-order valence-electron chi connectivity index (χ3n) is 4.38. The molecule has 4 rings (SSSR count). The van der Waals surface area contributed by atoms with Gasteiger partial charge in [0.1, 0.15) is 19.0 Å². The van der Waals surface area contributed by atoms with Gasteiger partial charge in [-0.1, -0.05) is 17.7 Å². The number of sulfonamides is 1. The fourth-order valence-corrected chi connectivity index (χ4v) is 4.16. The van der Waals surface area contributed by atoms with Crippen molar-refractivity contribution in [3.63, 3.8) is 0 Å². The van der Waals surface area contributed by atoms with Crippen LogP contribution < -0.4 is 19.5 Å². The minimum absolute atomic E-state index is 0.164. The van der Waals surface area contributed by atoms with Crippen molar-refractivity contribution in [2.75, 3.05) is 23.3 Å². The number of benzene rings is 3. The topological polar surface area (TPSA) is 93.7 Å². The van der Waals surface area contributed by atoms with E-state index in [4.69, 9.17) is 21.1 Å². The monoisotopic (exact) mass is 462 g/mol. The quantitative estimate of drug-likeness (QED) is 0.589. The Hall–Kier alpha value is -3.30. The van der Waals surface area contributed by atoms with Crippen LogP contribution in [0, 0.1) is 5.82 Å². The zero-order valence-electron chi connectivity index (χ0n) is 15.9. The minimum Gasteiger partial charge on any atom is -0.486 e. The number of carbonyl (C=O) groups excluding carboxylic acids is 1. The van der Waals surface area contributed by atoms with Gasteiger partial charge in [-0.3, -0.25) is 9.52 Å². The van der Waals surface area contributed by atoms with E-state index in [2.05, 4.69) is 10.0 Å². The van der Waals surface area contributed by atoms with Gasteiger partial charge in [0.05, 0.1) is 16.3 Å². The van der Waals surface area contributed by atoms with E-state index in [0.29, 0.717) is 29.7 Å². The van der Waals surface area contributed by atoms with Crippen molar-refractivity contribution in [3.05, 3.63) is 77.1 Å². The van der Waals surface area contributed by atoms with Crippen LogP contribution >= 0.6 is 11.6 Å². The van der Waals surface area contributed by atoms with Gasteiger partial charge in [0.2, 0.25) is 0 Å². The summed E-state index contributed by atoms with van der Waals surface area (Å²) in [7, 11) is -4.08. The van der Waals surface area contributed by atoms with E-state index in [9.17, 15) is 17.6 Å². The molecule has 2 N–H and O–H groups in total. The van der Waals surface area contributed by atoms with Gasteiger partial charge in [-0.25, -0.2) is 12.8 Å². The Morgan fingerprint density at radius 3 is 2.48 bits per heavy atom. The van der Waals surface area contributed by atoms with Crippen LogP contribution in [-0.4, -0.2) is 27.5 Å². The van der Waals surface area contributed by atoms with Crippen molar-refractivity contribution in [2.45, 2.75) is 4.90 Å². The molecule has 3 aromatic carbocycles. The molecule has 7 nitrogen and oxygen atoms in total. The van der Waals surface area contributed by atoms with Gasteiger partial charge in [-0.05, 0) is 48.5 Å². The maximum absolute atomic E-state index is 14.5. The van der Waals surface area contributed by atoms with Crippen LogP contribution in [0.5, 0.6) is 11.5 Å². The Bertz CT molecular complexity index is 1270. The first-order valence-electron chi connectivity index (χ1n) is 9.11. The second kappa shape index (κ2) is 8.44. The summed E-state index contributed by atoms with van der Waals surface area (Å²) in [6.45, 7) is 0.772. The Balaban J connectivity index is 1.52. The molecule has 0 radical (unpaired) electrons. The molecule has 3 aromatic rings. The van der Waals surface area contributed by atoms with Crippen molar-refractivity contribution in [1.29, 1.82) is 0 Å². The number of hydrogen-bond donors (Lipinski definition) is 2. The van der Waals surface area contributed by atoms with Gasteiger partial charge < -0.3 is 14.8 Å². The molecule has 1 heterocycles. The lowest BCUT2D eigenvalue weighted by Crippen LogP contribution is -2.17. The van der Waals surface area contributed by atoms with Crippen molar-refractivity contribution < 1.29 is 27.1 Å². The highest BCUT2D eigenvalue weighted by Crippen LogP contribution is 2.33. The second-order valence-corrected chi connectivity index (χ2v) is 8.69. The maximum atomic E-state index is 14.5. The summed E-state index contributed by atoms with van der Waals surface area (Å²) >= 11 is 5.86. The average molecular weight is 463 g/mol. The van der Waals surface area contributed by atoms with Crippen LogP contribution in [-0.2, 0) is 10.0 Å². The molecule has 0 spiro atoms. The smallest absolute Gasteiger partial charge is 0.262 e. The number of rotatable bonds is 5. The van der Waals surface area contributed by atoms with Crippen LogP contribution in [0.25, 0.3) is 0 Å². The zero-order chi connectivity index (χ0) is 22.0. The molecule has 0 fully saturated rings.